The van der Waals surface area contributed by atoms with Gasteiger partial charge in [0.1, 0.15) is 0 Å². The number of nitrogens with zero attached hydrogens (tertiary/aromatic N) is 1. The fourth-order valence-corrected chi connectivity index (χ4v) is 3.79. The van der Waals surface area contributed by atoms with Gasteiger partial charge in [0.05, 0.1) is 5.41 Å². The van der Waals surface area contributed by atoms with Crippen LogP contribution >= 0.6 is 0 Å². The number of hydrogen-bond donors (Lipinski definition) is 1. The Morgan fingerprint density at radius 2 is 1.68 bits per heavy atom. The van der Waals surface area contributed by atoms with Gasteiger partial charge in [0.25, 0.3) is 0 Å². The van der Waals surface area contributed by atoms with Crippen LogP contribution < -0.4 is 0 Å². The topological polar surface area (TPSA) is 40.5 Å². The average molecular weight is 267 g/mol. The van der Waals surface area contributed by atoms with Crippen molar-refractivity contribution in [2.24, 2.45) is 10.8 Å². The number of likely N-dealkylation sites (tertiary alicyclic amines) is 1. The molecule has 0 atom stereocenters. The third-order valence-electron chi connectivity index (χ3n) is 5.71. The van der Waals surface area contributed by atoms with Crippen molar-refractivity contribution in [3.05, 3.63) is 0 Å². The van der Waals surface area contributed by atoms with Crippen LogP contribution in [-0.2, 0) is 4.79 Å². The molecule has 0 aromatic rings. The molecule has 2 aliphatic rings. The van der Waals surface area contributed by atoms with E-state index in [0.717, 1.165) is 32.4 Å². The number of carboxylic acids is 1. The molecule has 3 heteroatoms. The SMILES string of the molecule is CCC1(C(=O)O)CCN(C2CCC(C)(C)CC2)CC1. The van der Waals surface area contributed by atoms with Crippen LogP contribution in [0, 0.1) is 10.8 Å². The number of carbonyl (C=O) groups is 1. The second-order valence-electron chi connectivity index (χ2n) is 7.37. The van der Waals surface area contributed by atoms with Crippen LogP contribution in [0.2, 0.25) is 0 Å². The fraction of sp³-hybridized carbons (Fsp3) is 0.938. The Kier molecular flexibility index (Phi) is 4.24. The molecule has 1 N–H and O–H groups in total. The molecule has 0 spiro atoms. The van der Waals surface area contributed by atoms with E-state index in [0.29, 0.717) is 11.5 Å². The highest BCUT2D eigenvalue weighted by Crippen LogP contribution is 2.40. The van der Waals surface area contributed by atoms with Gasteiger partial charge < -0.3 is 10.0 Å². The predicted molar refractivity (Wildman–Crippen MR) is 77.2 cm³/mol. The molecule has 1 heterocycles. The lowest BCUT2D eigenvalue weighted by Crippen LogP contribution is -2.49. The highest BCUT2D eigenvalue weighted by molar-refractivity contribution is 5.74. The Bertz CT molecular complexity index is 320. The molecule has 2 fully saturated rings. The van der Waals surface area contributed by atoms with Gasteiger partial charge in [-0.05, 0) is 63.5 Å². The van der Waals surface area contributed by atoms with Crippen molar-refractivity contribution in [1.29, 1.82) is 0 Å². The molecule has 0 unspecified atom stereocenters. The van der Waals surface area contributed by atoms with E-state index in [1.165, 1.54) is 25.7 Å². The third-order valence-corrected chi connectivity index (χ3v) is 5.71. The number of hydrogen-bond acceptors (Lipinski definition) is 2. The Balaban J connectivity index is 1.89. The van der Waals surface area contributed by atoms with Crippen LogP contribution in [0.25, 0.3) is 0 Å². The molecule has 0 radical (unpaired) electrons. The van der Waals surface area contributed by atoms with Gasteiger partial charge in [-0.25, -0.2) is 0 Å². The van der Waals surface area contributed by atoms with E-state index in [4.69, 9.17) is 0 Å². The summed E-state index contributed by atoms with van der Waals surface area (Å²) < 4.78 is 0. The molecule has 1 aliphatic heterocycles. The molecule has 0 aromatic carbocycles. The van der Waals surface area contributed by atoms with Gasteiger partial charge >= 0.3 is 5.97 Å². The summed E-state index contributed by atoms with van der Waals surface area (Å²) in [6.07, 6.45) is 7.64. The van der Waals surface area contributed by atoms with Crippen molar-refractivity contribution in [1.82, 2.24) is 4.90 Å². The minimum Gasteiger partial charge on any atom is -0.481 e. The van der Waals surface area contributed by atoms with E-state index < -0.39 is 11.4 Å². The van der Waals surface area contributed by atoms with Crippen LogP contribution in [0.3, 0.4) is 0 Å². The van der Waals surface area contributed by atoms with Gasteiger partial charge in [-0.15, -0.1) is 0 Å². The summed E-state index contributed by atoms with van der Waals surface area (Å²) in [6.45, 7) is 8.71. The van der Waals surface area contributed by atoms with Gasteiger partial charge in [0.2, 0.25) is 0 Å². The van der Waals surface area contributed by atoms with Crippen molar-refractivity contribution in [2.75, 3.05) is 13.1 Å². The van der Waals surface area contributed by atoms with Crippen molar-refractivity contribution < 1.29 is 9.90 Å². The first kappa shape index (κ1) is 14.8. The normalized spacial score (nSPS) is 28.2. The molecule has 0 amide bonds. The number of carboxylic acid groups (broad SMARTS) is 1. The number of rotatable bonds is 3. The third kappa shape index (κ3) is 3.13. The minimum atomic E-state index is -0.584. The molecule has 0 aromatic heterocycles. The van der Waals surface area contributed by atoms with Crippen LogP contribution in [0.15, 0.2) is 0 Å². The number of piperidine rings is 1. The summed E-state index contributed by atoms with van der Waals surface area (Å²) in [7, 11) is 0. The predicted octanol–water partition coefficient (Wildman–Crippen LogP) is 3.53. The zero-order valence-corrected chi connectivity index (χ0v) is 12.7. The van der Waals surface area contributed by atoms with E-state index in [1.54, 1.807) is 0 Å². The molecule has 19 heavy (non-hydrogen) atoms. The lowest BCUT2D eigenvalue weighted by atomic mass is 9.73. The average Bonchev–Trinajstić information content (AvgIpc) is 2.39. The summed E-state index contributed by atoms with van der Waals surface area (Å²) in [5, 5.41) is 9.44. The fourth-order valence-electron chi connectivity index (χ4n) is 3.79. The highest BCUT2D eigenvalue weighted by atomic mass is 16.4. The maximum atomic E-state index is 11.5. The molecule has 1 saturated heterocycles. The zero-order valence-electron chi connectivity index (χ0n) is 12.7. The van der Waals surface area contributed by atoms with Crippen molar-refractivity contribution in [3.63, 3.8) is 0 Å². The van der Waals surface area contributed by atoms with Crippen LogP contribution in [0.5, 0.6) is 0 Å². The maximum Gasteiger partial charge on any atom is 0.309 e. The quantitative estimate of drug-likeness (QED) is 0.850. The summed E-state index contributed by atoms with van der Waals surface area (Å²) in [5.41, 5.74) is 0.0744. The van der Waals surface area contributed by atoms with Gasteiger partial charge in [-0.1, -0.05) is 20.8 Å². The minimum absolute atomic E-state index is 0.440. The van der Waals surface area contributed by atoms with Gasteiger partial charge in [0.15, 0.2) is 0 Å². The van der Waals surface area contributed by atoms with Crippen molar-refractivity contribution in [3.8, 4) is 0 Å². The highest BCUT2D eigenvalue weighted by Gasteiger charge is 2.41. The van der Waals surface area contributed by atoms with E-state index in [2.05, 4.69) is 18.7 Å². The molecular formula is C16H29NO2. The van der Waals surface area contributed by atoms with E-state index >= 15 is 0 Å². The van der Waals surface area contributed by atoms with Crippen LogP contribution in [-0.4, -0.2) is 35.1 Å². The largest absolute Gasteiger partial charge is 0.481 e. The molecular weight excluding hydrogens is 238 g/mol. The second kappa shape index (κ2) is 5.43. The molecule has 3 nitrogen and oxygen atoms in total. The van der Waals surface area contributed by atoms with E-state index in [1.807, 2.05) is 6.92 Å². The first-order chi connectivity index (χ1) is 8.88. The number of aliphatic carboxylic acids is 1. The first-order valence-electron chi connectivity index (χ1n) is 7.86. The Morgan fingerprint density at radius 1 is 1.16 bits per heavy atom. The molecule has 0 bridgehead atoms. The van der Waals surface area contributed by atoms with Gasteiger partial charge in [-0.3, -0.25) is 4.79 Å². The summed E-state index contributed by atoms with van der Waals surface area (Å²) >= 11 is 0. The van der Waals surface area contributed by atoms with E-state index in [-0.39, 0.29) is 0 Å². The first-order valence-corrected chi connectivity index (χ1v) is 7.86. The molecule has 2 rings (SSSR count). The van der Waals surface area contributed by atoms with Crippen LogP contribution in [0.4, 0.5) is 0 Å². The summed E-state index contributed by atoms with van der Waals surface area (Å²) in [5.74, 6) is -0.584. The Morgan fingerprint density at radius 3 is 2.11 bits per heavy atom. The Hall–Kier alpha value is -0.570. The van der Waals surface area contributed by atoms with Crippen molar-refractivity contribution >= 4 is 5.97 Å². The standard InChI is InChI=1S/C16H29NO2/c1-4-16(14(18)19)9-11-17(12-10-16)13-5-7-15(2,3)8-6-13/h13H,4-12H2,1-3H3,(H,18,19). The second-order valence-corrected chi connectivity index (χ2v) is 7.37. The molecule has 110 valence electrons. The van der Waals surface area contributed by atoms with Crippen LogP contribution in [0.1, 0.15) is 65.7 Å². The monoisotopic (exact) mass is 267 g/mol. The van der Waals surface area contributed by atoms with E-state index in [9.17, 15) is 9.90 Å². The lowest BCUT2D eigenvalue weighted by molar-refractivity contribution is -0.153. The zero-order chi connectivity index (χ0) is 14.1. The smallest absolute Gasteiger partial charge is 0.309 e. The van der Waals surface area contributed by atoms with Gasteiger partial charge in [0, 0.05) is 6.04 Å². The van der Waals surface area contributed by atoms with Gasteiger partial charge in [-0.2, -0.15) is 0 Å². The summed E-state index contributed by atoms with van der Waals surface area (Å²) in [4.78, 5) is 14.0. The molecule has 1 saturated carbocycles. The Labute approximate surface area is 117 Å². The lowest BCUT2D eigenvalue weighted by Gasteiger charge is -2.45. The summed E-state index contributed by atoms with van der Waals surface area (Å²) in [6, 6.07) is 0.705. The molecule has 1 aliphatic carbocycles. The maximum absolute atomic E-state index is 11.5. The van der Waals surface area contributed by atoms with Crippen molar-refractivity contribution in [2.45, 2.75) is 71.8 Å².